The van der Waals surface area contributed by atoms with Gasteiger partial charge in [-0.3, -0.25) is 14.9 Å². The molecule has 0 rings (SSSR count). The van der Waals surface area contributed by atoms with E-state index in [1.165, 1.54) is 6.92 Å². The molecule has 5 nitrogen and oxygen atoms in total. The molecule has 0 bridgehead atoms. The van der Waals surface area contributed by atoms with Crippen LogP contribution in [0, 0.1) is 0 Å². The van der Waals surface area contributed by atoms with Gasteiger partial charge in [0.05, 0.1) is 6.54 Å². The fraction of sp³-hybridized carbons (Fsp3) is 0.846. The molecule has 0 aromatic heterocycles. The molecule has 106 valence electrons. The van der Waals surface area contributed by atoms with Crippen LogP contribution in [-0.2, 0) is 9.59 Å². The predicted octanol–water partition coefficient (Wildman–Crippen LogP) is 1.48. The van der Waals surface area contributed by atoms with Gasteiger partial charge in [-0.1, -0.05) is 26.7 Å². The number of aliphatic carboxylic acids is 1. The Balaban J connectivity index is 4.14. The van der Waals surface area contributed by atoms with Gasteiger partial charge in [-0.05, 0) is 19.8 Å². The number of carbonyl (C=O) groups excluding carboxylic acids is 1. The van der Waals surface area contributed by atoms with Crippen LogP contribution in [0.4, 0.5) is 0 Å². The van der Waals surface area contributed by atoms with Crippen molar-refractivity contribution >= 4 is 11.9 Å². The molecule has 0 aromatic rings. The van der Waals surface area contributed by atoms with Crippen LogP contribution in [0.5, 0.6) is 0 Å². The van der Waals surface area contributed by atoms with E-state index in [4.69, 9.17) is 5.11 Å². The van der Waals surface area contributed by atoms with Crippen LogP contribution in [0.15, 0.2) is 0 Å². The molecule has 0 radical (unpaired) electrons. The Kier molecular flexibility index (Phi) is 9.28. The van der Waals surface area contributed by atoms with Crippen molar-refractivity contribution in [3.63, 3.8) is 0 Å². The van der Waals surface area contributed by atoms with Crippen molar-refractivity contribution in [2.24, 2.45) is 0 Å². The number of carbonyl (C=O) groups is 2. The molecular weight excluding hydrogens is 232 g/mol. The van der Waals surface area contributed by atoms with Crippen LogP contribution in [-0.4, -0.2) is 47.6 Å². The van der Waals surface area contributed by atoms with Crippen LogP contribution in [0.25, 0.3) is 0 Å². The van der Waals surface area contributed by atoms with E-state index in [1.54, 1.807) is 0 Å². The summed E-state index contributed by atoms with van der Waals surface area (Å²) in [6.45, 7) is 7.34. The highest BCUT2D eigenvalue weighted by Crippen LogP contribution is 2.00. The van der Waals surface area contributed by atoms with Gasteiger partial charge in [-0.15, -0.1) is 0 Å². The molecule has 0 aliphatic carbocycles. The molecular formula is C13H26N2O3. The van der Waals surface area contributed by atoms with Crippen molar-refractivity contribution in [1.29, 1.82) is 0 Å². The van der Waals surface area contributed by atoms with Gasteiger partial charge in [0.15, 0.2) is 0 Å². The number of carboxylic acid groups (broad SMARTS) is 1. The average Bonchev–Trinajstić information content (AvgIpc) is 2.35. The van der Waals surface area contributed by atoms with Gasteiger partial charge in [-0.25, -0.2) is 0 Å². The minimum absolute atomic E-state index is 0.00926. The summed E-state index contributed by atoms with van der Waals surface area (Å²) in [5.41, 5.74) is 0. The monoisotopic (exact) mass is 258 g/mol. The molecule has 0 heterocycles. The maximum atomic E-state index is 12.0. The molecule has 2 N–H and O–H groups in total. The summed E-state index contributed by atoms with van der Waals surface area (Å²) in [6.07, 6.45) is 4.08. The lowest BCUT2D eigenvalue weighted by molar-refractivity contribution is -0.139. The number of unbranched alkanes of at least 4 members (excludes halogenated alkanes) is 2. The molecule has 0 spiro atoms. The van der Waals surface area contributed by atoms with E-state index in [2.05, 4.69) is 19.2 Å². The Hall–Kier alpha value is -1.10. The fourth-order valence-electron chi connectivity index (χ4n) is 1.50. The molecule has 0 aromatic carbocycles. The molecule has 1 amide bonds. The first-order chi connectivity index (χ1) is 8.52. The van der Waals surface area contributed by atoms with Gasteiger partial charge in [0.1, 0.15) is 6.04 Å². The second kappa shape index (κ2) is 9.88. The Morgan fingerprint density at radius 3 is 2.06 bits per heavy atom. The predicted molar refractivity (Wildman–Crippen MR) is 71.5 cm³/mol. The van der Waals surface area contributed by atoms with Crippen LogP contribution < -0.4 is 5.32 Å². The first kappa shape index (κ1) is 16.9. The van der Waals surface area contributed by atoms with Crippen molar-refractivity contribution in [2.75, 3.05) is 19.6 Å². The number of hydrogen-bond donors (Lipinski definition) is 2. The third kappa shape index (κ3) is 7.27. The Bertz CT molecular complexity index is 249. The molecule has 1 atom stereocenters. The van der Waals surface area contributed by atoms with E-state index < -0.39 is 12.0 Å². The van der Waals surface area contributed by atoms with Crippen LogP contribution in [0.3, 0.4) is 0 Å². The fourth-order valence-corrected chi connectivity index (χ4v) is 1.50. The number of amides is 1. The number of rotatable bonds is 10. The first-order valence-corrected chi connectivity index (χ1v) is 6.76. The molecule has 0 aliphatic heterocycles. The summed E-state index contributed by atoms with van der Waals surface area (Å²) in [6, 6.07) is -0.687. The Morgan fingerprint density at radius 1 is 1.17 bits per heavy atom. The van der Waals surface area contributed by atoms with Gasteiger partial charge < -0.3 is 10.0 Å². The second-order valence-electron chi connectivity index (χ2n) is 4.53. The quantitative estimate of drug-likeness (QED) is 0.622. The summed E-state index contributed by atoms with van der Waals surface area (Å²) in [4.78, 5) is 24.4. The van der Waals surface area contributed by atoms with E-state index in [0.29, 0.717) is 0 Å². The number of nitrogens with one attached hydrogen (secondary N) is 1. The highest BCUT2D eigenvalue weighted by Gasteiger charge is 2.15. The summed E-state index contributed by atoms with van der Waals surface area (Å²) in [5.74, 6) is -0.943. The molecule has 0 saturated carbocycles. The maximum absolute atomic E-state index is 12.0. The van der Waals surface area contributed by atoms with Crippen molar-refractivity contribution in [3.05, 3.63) is 0 Å². The summed E-state index contributed by atoms with van der Waals surface area (Å²) < 4.78 is 0. The minimum Gasteiger partial charge on any atom is -0.480 e. The Labute approximate surface area is 110 Å². The standard InChI is InChI=1S/C13H26N2O3/c1-4-6-8-15(9-7-5-2)12(16)10-14-11(3)13(17)18/h11,14H,4-10H2,1-3H3,(H,17,18)/t11-/m0/s1. The smallest absolute Gasteiger partial charge is 0.320 e. The van der Waals surface area contributed by atoms with Crippen LogP contribution >= 0.6 is 0 Å². The van der Waals surface area contributed by atoms with Crippen molar-refractivity contribution in [1.82, 2.24) is 10.2 Å². The van der Waals surface area contributed by atoms with Crippen molar-refractivity contribution in [2.45, 2.75) is 52.5 Å². The largest absolute Gasteiger partial charge is 0.480 e. The molecule has 5 heteroatoms. The van der Waals surface area contributed by atoms with Crippen LogP contribution in [0.2, 0.25) is 0 Å². The van der Waals surface area contributed by atoms with E-state index in [0.717, 1.165) is 38.8 Å². The zero-order valence-electron chi connectivity index (χ0n) is 11.7. The van der Waals surface area contributed by atoms with Gasteiger partial charge in [-0.2, -0.15) is 0 Å². The molecule has 0 fully saturated rings. The van der Waals surface area contributed by atoms with E-state index in [-0.39, 0.29) is 12.5 Å². The maximum Gasteiger partial charge on any atom is 0.320 e. The molecule has 0 saturated heterocycles. The normalized spacial score (nSPS) is 12.2. The second-order valence-corrected chi connectivity index (χ2v) is 4.53. The lowest BCUT2D eigenvalue weighted by Crippen LogP contribution is -2.44. The highest BCUT2D eigenvalue weighted by atomic mass is 16.4. The van der Waals surface area contributed by atoms with E-state index in [1.807, 2.05) is 4.90 Å². The van der Waals surface area contributed by atoms with Gasteiger partial charge in [0, 0.05) is 13.1 Å². The molecule has 18 heavy (non-hydrogen) atoms. The summed E-state index contributed by atoms with van der Waals surface area (Å²) >= 11 is 0. The van der Waals surface area contributed by atoms with Gasteiger partial charge >= 0.3 is 5.97 Å². The first-order valence-electron chi connectivity index (χ1n) is 6.76. The highest BCUT2D eigenvalue weighted by molar-refractivity contribution is 5.79. The lowest BCUT2D eigenvalue weighted by atomic mass is 10.2. The van der Waals surface area contributed by atoms with Gasteiger partial charge in [0.25, 0.3) is 0 Å². The third-order valence-corrected chi connectivity index (χ3v) is 2.85. The SMILES string of the molecule is CCCCN(CCCC)C(=O)CN[C@@H](C)C(=O)O. The minimum atomic E-state index is -0.934. The average molecular weight is 258 g/mol. The van der Waals surface area contributed by atoms with Crippen molar-refractivity contribution in [3.8, 4) is 0 Å². The number of nitrogens with zero attached hydrogens (tertiary/aromatic N) is 1. The van der Waals surface area contributed by atoms with Crippen LogP contribution in [0.1, 0.15) is 46.5 Å². The number of hydrogen-bond acceptors (Lipinski definition) is 3. The van der Waals surface area contributed by atoms with E-state index in [9.17, 15) is 9.59 Å². The Morgan fingerprint density at radius 2 is 1.67 bits per heavy atom. The topological polar surface area (TPSA) is 69.6 Å². The third-order valence-electron chi connectivity index (χ3n) is 2.85. The van der Waals surface area contributed by atoms with E-state index >= 15 is 0 Å². The zero-order chi connectivity index (χ0) is 14.0. The number of carboxylic acids is 1. The van der Waals surface area contributed by atoms with Crippen molar-refractivity contribution < 1.29 is 14.7 Å². The zero-order valence-corrected chi connectivity index (χ0v) is 11.7. The lowest BCUT2D eigenvalue weighted by Gasteiger charge is -2.23. The summed E-state index contributed by atoms with van der Waals surface area (Å²) in [5, 5.41) is 11.5. The molecule has 0 unspecified atom stereocenters. The molecule has 0 aliphatic rings. The van der Waals surface area contributed by atoms with Gasteiger partial charge in [0.2, 0.25) is 5.91 Å². The summed E-state index contributed by atoms with van der Waals surface area (Å²) in [7, 11) is 0.